The van der Waals surface area contributed by atoms with Gasteiger partial charge in [0.15, 0.2) is 0 Å². The molecule has 0 saturated carbocycles. The molecule has 4 aliphatic rings. The number of imide groups is 1. The van der Waals surface area contributed by atoms with Crippen molar-refractivity contribution in [3.8, 4) is 0 Å². The fraction of sp³-hybridized carbons (Fsp3) is 0.222. The van der Waals surface area contributed by atoms with E-state index in [0.29, 0.717) is 42.1 Å². The van der Waals surface area contributed by atoms with Gasteiger partial charge in [-0.05, 0) is 17.7 Å². The summed E-state index contributed by atoms with van der Waals surface area (Å²) in [4.78, 5) is 52.7. The molecule has 3 amide bonds. The number of benzene rings is 1. The Kier molecular flexibility index (Phi) is 4.83. The summed E-state index contributed by atoms with van der Waals surface area (Å²) in [5.41, 5.74) is 4.58. The highest BCUT2D eigenvalue weighted by atomic mass is 16.2. The first-order valence-electron chi connectivity index (χ1n) is 12.3. The van der Waals surface area contributed by atoms with Crippen molar-refractivity contribution in [3.05, 3.63) is 83.6 Å². The zero-order chi connectivity index (χ0) is 25.1. The summed E-state index contributed by atoms with van der Waals surface area (Å²) in [6, 6.07) is 11.0. The van der Waals surface area contributed by atoms with E-state index in [-0.39, 0.29) is 23.1 Å². The van der Waals surface area contributed by atoms with E-state index in [4.69, 9.17) is 0 Å². The van der Waals surface area contributed by atoms with Crippen molar-refractivity contribution in [2.75, 3.05) is 31.1 Å². The molecule has 1 unspecified atom stereocenters. The van der Waals surface area contributed by atoms with Crippen LogP contribution < -0.4 is 15.5 Å². The van der Waals surface area contributed by atoms with Crippen LogP contribution in [0, 0.1) is 0 Å². The third kappa shape index (κ3) is 3.26. The number of hydrogen-bond donors (Lipinski definition) is 2. The second-order valence-electron chi connectivity index (χ2n) is 9.40. The molecule has 7 rings (SSSR count). The minimum absolute atomic E-state index is 0.0798. The summed E-state index contributed by atoms with van der Waals surface area (Å²) in [7, 11) is 0. The number of aromatic nitrogens is 2. The number of rotatable bonds is 3. The Morgan fingerprint density at radius 3 is 2.70 bits per heavy atom. The van der Waals surface area contributed by atoms with E-state index in [2.05, 4.69) is 20.6 Å². The second kappa shape index (κ2) is 8.24. The Morgan fingerprint density at radius 2 is 1.84 bits per heavy atom. The highest BCUT2D eigenvalue weighted by Crippen LogP contribution is 2.40. The zero-order valence-corrected chi connectivity index (χ0v) is 19.8. The van der Waals surface area contributed by atoms with Gasteiger partial charge in [0.2, 0.25) is 5.91 Å². The van der Waals surface area contributed by atoms with Crippen molar-refractivity contribution in [2.24, 2.45) is 4.99 Å². The molecule has 0 radical (unpaired) electrons. The van der Waals surface area contributed by atoms with Crippen molar-refractivity contribution in [2.45, 2.75) is 12.5 Å². The van der Waals surface area contributed by atoms with Gasteiger partial charge in [-0.15, -0.1) is 0 Å². The number of imidazole rings is 1. The molecule has 6 heterocycles. The third-order valence-corrected chi connectivity index (χ3v) is 7.37. The van der Waals surface area contributed by atoms with E-state index in [0.717, 1.165) is 24.3 Å². The molecule has 0 spiro atoms. The summed E-state index contributed by atoms with van der Waals surface area (Å²) < 4.78 is 1.78. The van der Waals surface area contributed by atoms with Gasteiger partial charge in [0.05, 0.1) is 34.4 Å². The molecule has 1 saturated heterocycles. The lowest BCUT2D eigenvalue weighted by Crippen LogP contribution is -2.52. The molecule has 10 nitrogen and oxygen atoms in total. The van der Waals surface area contributed by atoms with Crippen LogP contribution in [0.2, 0.25) is 0 Å². The lowest BCUT2D eigenvalue weighted by Gasteiger charge is -2.32. The van der Waals surface area contributed by atoms with Gasteiger partial charge in [-0.3, -0.25) is 29.1 Å². The first kappa shape index (κ1) is 21.7. The topological polar surface area (TPSA) is 111 Å². The lowest BCUT2D eigenvalue weighted by atomic mass is 9.94. The van der Waals surface area contributed by atoms with Crippen LogP contribution in [0.5, 0.6) is 0 Å². The number of carbonyl (C=O) groups is 3. The number of pyridine rings is 1. The van der Waals surface area contributed by atoms with Crippen LogP contribution in [0.3, 0.4) is 0 Å². The summed E-state index contributed by atoms with van der Waals surface area (Å²) in [6.07, 6.45) is 7.38. The van der Waals surface area contributed by atoms with Gasteiger partial charge >= 0.3 is 0 Å². The number of piperazine rings is 1. The Morgan fingerprint density at radius 1 is 1.00 bits per heavy atom. The van der Waals surface area contributed by atoms with E-state index in [1.807, 2.05) is 46.2 Å². The lowest BCUT2D eigenvalue weighted by molar-refractivity contribution is -0.133. The highest BCUT2D eigenvalue weighted by Gasteiger charge is 2.42. The molecule has 2 N–H and O–H groups in total. The van der Waals surface area contributed by atoms with Gasteiger partial charge in [0.1, 0.15) is 11.7 Å². The molecule has 1 fully saturated rings. The fourth-order valence-electron chi connectivity index (χ4n) is 5.69. The maximum absolute atomic E-state index is 13.5. The van der Waals surface area contributed by atoms with Gasteiger partial charge in [-0.25, -0.2) is 4.98 Å². The van der Waals surface area contributed by atoms with Crippen LogP contribution in [-0.4, -0.2) is 69.9 Å². The smallest absolute Gasteiger partial charge is 0.261 e. The number of nitrogens with one attached hydrogen (secondary N) is 2. The second-order valence-corrected chi connectivity index (χ2v) is 9.40. The average Bonchev–Trinajstić information content (AvgIpc) is 3.55. The summed E-state index contributed by atoms with van der Waals surface area (Å²) in [5, 5.41) is 5.74. The van der Waals surface area contributed by atoms with E-state index >= 15 is 0 Å². The zero-order valence-electron chi connectivity index (χ0n) is 19.8. The first-order valence-corrected chi connectivity index (χ1v) is 12.3. The number of para-hydroxylation sites is 1. The number of aliphatic imine (C=N–C) groups is 1. The van der Waals surface area contributed by atoms with Crippen molar-refractivity contribution in [1.29, 1.82) is 0 Å². The van der Waals surface area contributed by atoms with E-state index in [9.17, 15) is 14.4 Å². The van der Waals surface area contributed by atoms with E-state index in [1.165, 1.54) is 0 Å². The van der Waals surface area contributed by atoms with Gasteiger partial charge in [-0.2, -0.15) is 0 Å². The molecule has 37 heavy (non-hydrogen) atoms. The van der Waals surface area contributed by atoms with Gasteiger partial charge in [0, 0.05) is 56.8 Å². The quantitative estimate of drug-likeness (QED) is 0.524. The van der Waals surface area contributed by atoms with Crippen molar-refractivity contribution in [3.63, 3.8) is 0 Å². The van der Waals surface area contributed by atoms with Crippen LogP contribution in [0.4, 0.5) is 5.69 Å². The van der Waals surface area contributed by atoms with Gasteiger partial charge in [0.25, 0.3) is 11.8 Å². The molecule has 184 valence electrons. The van der Waals surface area contributed by atoms with Gasteiger partial charge in [-0.1, -0.05) is 24.3 Å². The SMILES string of the molecule is O=C1NC(=O)C(c2cnc3ccccn23)=C1C1=NC=CN2c3c(cccc31)CC2C(=O)N1CCNCC1. The maximum Gasteiger partial charge on any atom is 0.261 e. The molecule has 2 aromatic heterocycles. The number of amides is 3. The van der Waals surface area contributed by atoms with Crippen LogP contribution in [-0.2, 0) is 20.8 Å². The Bertz CT molecular complexity index is 1590. The molecular weight excluding hydrogens is 470 g/mol. The molecule has 1 atom stereocenters. The number of anilines is 1. The molecule has 4 aliphatic heterocycles. The molecular formula is C27H23N7O3. The Hall–Kier alpha value is -4.57. The first-order chi connectivity index (χ1) is 18.1. The van der Waals surface area contributed by atoms with Crippen molar-refractivity contribution >= 4 is 40.3 Å². The largest absolute Gasteiger partial charge is 0.338 e. The van der Waals surface area contributed by atoms with E-state index < -0.39 is 11.8 Å². The normalized spacial score (nSPS) is 20.9. The molecule has 1 aromatic carbocycles. The molecule has 0 bridgehead atoms. The molecule has 0 aliphatic carbocycles. The maximum atomic E-state index is 13.5. The van der Waals surface area contributed by atoms with Crippen molar-refractivity contribution < 1.29 is 14.4 Å². The minimum atomic E-state index is -0.504. The summed E-state index contributed by atoms with van der Waals surface area (Å²) >= 11 is 0. The minimum Gasteiger partial charge on any atom is -0.338 e. The Balaban J connectivity index is 1.35. The number of nitrogens with zero attached hydrogens (tertiary/aromatic N) is 5. The predicted octanol–water partition coefficient (Wildman–Crippen LogP) is 0.881. The average molecular weight is 494 g/mol. The number of carbonyl (C=O) groups excluding carboxylic acids is 3. The van der Waals surface area contributed by atoms with Crippen molar-refractivity contribution in [1.82, 2.24) is 24.9 Å². The van der Waals surface area contributed by atoms with E-state index in [1.54, 1.807) is 29.2 Å². The molecule has 3 aromatic rings. The number of fused-ring (bicyclic) bond motifs is 1. The van der Waals surface area contributed by atoms with Crippen LogP contribution >= 0.6 is 0 Å². The number of hydrogen-bond acceptors (Lipinski definition) is 7. The summed E-state index contributed by atoms with van der Waals surface area (Å²) in [6.45, 7) is 2.91. The molecule has 10 heteroatoms. The monoisotopic (exact) mass is 493 g/mol. The summed E-state index contributed by atoms with van der Waals surface area (Å²) in [5.74, 6) is -0.913. The van der Waals surface area contributed by atoms with Crippen LogP contribution in [0.25, 0.3) is 11.2 Å². The third-order valence-electron chi connectivity index (χ3n) is 7.37. The fourth-order valence-corrected chi connectivity index (χ4v) is 5.69. The highest BCUT2D eigenvalue weighted by molar-refractivity contribution is 6.47. The van der Waals surface area contributed by atoms with Crippen LogP contribution in [0.15, 0.2) is 71.8 Å². The Labute approximate surface area is 212 Å². The van der Waals surface area contributed by atoms with Gasteiger partial charge < -0.3 is 15.1 Å². The standard InChI is InChI=1S/C27H23N7O3/c35-25-21(19-15-30-20-6-1-2-10-33(19)20)22(26(36)31-25)23-17-5-3-4-16-14-18(34(24(16)17)13-9-29-23)27(37)32-11-7-28-8-12-32/h1-6,9-10,13,15,18,28H,7-8,11-12,14H2,(H,31,35,36). The predicted molar refractivity (Wildman–Crippen MR) is 137 cm³/mol. The van der Waals surface area contributed by atoms with Crippen LogP contribution in [0.1, 0.15) is 16.8 Å².